The molecule has 0 amide bonds. The second-order valence-electron chi connectivity index (χ2n) is 13.6. The van der Waals surface area contributed by atoms with E-state index in [9.17, 15) is 38.4 Å². The van der Waals surface area contributed by atoms with Crippen LogP contribution in [0.2, 0.25) is 0 Å². The van der Waals surface area contributed by atoms with E-state index in [1.54, 1.807) is 18.2 Å². The van der Waals surface area contributed by atoms with Gasteiger partial charge in [-0.1, -0.05) is 5.21 Å². The van der Waals surface area contributed by atoms with Crippen molar-refractivity contribution in [1.29, 1.82) is 0 Å². The molecule has 2 aromatic heterocycles. The number of hydrogen-bond donors (Lipinski definition) is 0. The van der Waals surface area contributed by atoms with E-state index in [1.165, 1.54) is 18.3 Å². The van der Waals surface area contributed by atoms with Gasteiger partial charge in [0.2, 0.25) is 0 Å². The van der Waals surface area contributed by atoms with Crippen molar-refractivity contribution in [2.75, 3.05) is 13.2 Å². The van der Waals surface area contributed by atoms with Gasteiger partial charge in [0.05, 0.1) is 6.20 Å². The Morgan fingerprint density at radius 2 is 1.15 bits per heavy atom. The Balaban J connectivity index is 1.53. The lowest BCUT2D eigenvalue weighted by atomic mass is 9.95. The van der Waals surface area contributed by atoms with E-state index in [-0.39, 0.29) is 17.9 Å². The summed E-state index contributed by atoms with van der Waals surface area (Å²) in [6, 6.07) is 7.71. The zero-order chi connectivity index (χ0) is 44.5. The van der Waals surface area contributed by atoms with Crippen molar-refractivity contribution in [1.82, 2.24) is 15.0 Å². The number of aromatic nitrogens is 3. The van der Waals surface area contributed by atoms with Crippen LogP contribution in [0.15, 0.2) is 45.7 Å². The molecule has 0 N–H and O–H groups in total. The summed E-state index contributed by atoms with van der Waals surface area (Å²) in [5, 5.41) is 8.90. The fourth-order valence-electron chi connectivity index (χ4n) is 6.49. The van der Waals surface area contributed by atoms with E-state index in [0.717, 1.165) is 53.1 Å². The summed E-state index contributed by atoms with van der Waals surface area (Å²) < 4.78 is 69.3. The van der Waals surface area contributed by atoms with Crippen LogP contribution in [0.4, 0.5) is 0 Å². The van der Waals surface area contributed by atoms with Gasteiger partial charge >= 0.3 is 47.4 Å². The molecule has 0 aliphatic carbocycles. The van der Waals surface area contributed by atoms with Crippen molar-refractivity contribution in [2.45, 2.75) is 116 Å². The first kappa shape index (κ1) is 45.6. The average molecular weight is 862 g/mol. The van der Waals surface area contributed by atoms with Crippen LogP contribution in [-0.4, -0.2) is 125 Å². The second-order valence-corrected chi connectivity index (χ2v) is 13.6. The SMILES string of the molecule is CC(=O)OCC1OC(OC2C(COC(C)=O)OC(n3cc(COc4ccc5ccc(=O)oc5c4)nn3)C(OC(C)=O)C2OC(C)=O)C(OC(C)=O)C(OC(C)=O)C1OC(C)=O. The largest absolute Gasteiger partial charge is 0.487 e. The number of hydrogen-bond acceptors (Lipinski definition) is 22. The molecule has 23 heteroatoms. The van der Waals surface area contributed by atoms with E-state index >= 15 is 0 Å². The van der Waals surface area contributed by atoms with Gasteiger partial charge in [0.1, 0.15) is 55.2 Å². The molecular formula is C38H43N3O20. The molecule has 330 valence electrons. The first-order valence-electron chi connectivity index (χ1n) is 18.5. The number of carbonyl (C=O) groups excluding carboxylic acids is 7. The number of rotatable bonds is 15. The molecule has 10 unspecified atom stereocenters. The summed E-state index contributed by atoms with van der Waals surface area (Å²) in [6.07, 6.45) is -14.7. The van der Waals surface area contributed by atoms with E-state index in [0.29, 0.717) is 11.1 Å². The molecule has 3 aromatic rings. The molecule has 0 bridgehead atoms. The van der Waals surface area contributed by atoms with Crippen LogP contribution in [-0.2, 0) is 87.5 Å². The quantitative estimate of drug-likeness (QED) is 0.116. The molecule has 2 aliphatic heterocycles. The van der Waals surface area contributed by atoms with Crippen molar-refractivity contribution in [3.05, 3.63) is 52.6 Å². The first-order chi connectivity index (χ1) is 28.9. The summed E-state index contributed by atoms with van der Waals surface area (Å²) in [7, 11) is 0. The minimum absolute atomic E-state index is 0.174. The molecule has 5 rings (SSSR count). The minimum Gasteiger partial charge on any atom is -0.487 e. The number of fused-ring (bicyclic) bond motifs is 1. The number of nitrogens with zero attached hydrogens (tertiary/aromatic N) is 3. The zero-order valence-electron chi connectivity index (χ0n) is 33.9. The van der Waals surface area contributed by atoms with Crippen LogP contribution in [0.3, 0.4) is 0 Å². The summed E-state index contributed by atoms with van der Waals surface area (Å²) in [5.74, 6) is -5.75. The third-order valence-electron chi connectivity index (χ3n) is 8.70. The third-order valence-corrected chi connectivity index (χ3v) is 8.70. The second kappa shape index (κ2) is 20.2. The van der Waals surface area contributed by atoms with Crippen LogP contribution in [0.25, 0.3) is 11.0 Å². The number of benzene rings is 1. The first-order valence-corrected chi connectivity index (χ1v) is 18.5. The van der Waals surface area contributed by atoms with Gasteiger partial charge in [-0.25, -0.2) is 9.48 Å². The molecule has 2 aliphatic rings. The molecule has 1 aromatic carbocycles. The van der Waals surface area contributed by atoms with E-state index < -0.39 is 122 Å². The van der Waals surface area contributed by atoms with Gasteiger partial charge in [-0.05, 0) is 18.2 Å². The summed E-state index contributed by atoms with van der Waals surface area (Å²) in [6.45, 7) is 6.02. The maximum atomic E-state index is 12.8. The molecule has 0 spiro atoms. The topological polar surface area (TPSA) is 282 Å². The van der Waals surface area contributed by atoms with E-state index in [2.05, 4.69) is 10.3 Å². The molecule has 61 heavy (non-hydrogen) atoms. The predicted molar refractivity (Wildman–Crippen MR) is 195 cm³/mol. The van der Waals surface area contributed by atoms with Gasteiger partial charge in [-0.15, -0.1) is 5.10 Å². The Labute approximate surface area is 345 Å². The van der Waals surface area contributed by atoms with Crippen molar-refractivity contribution < 1.29 is 90.1 Å². The highest BCUT2D eigenvalue weighted by atomic mass is 16.8. The van der Waals surface area contributed by atoms with Gasteiger partial charge in [0, 0.05) is 66.0 Å². The molecule has 2 fully saturated rings. The molecule has 10 atom stereocenters. The van der Waals surface area contributed by atoms with Crippen LogP contribution in [0.1, 0.15) is 60.4 Å². The fraction of sp³-hybridized carbons (Fsp3) is 0.526. The van der Waals surface area contributed by atoms with Crippen LogP contribution in [0.5, 0.6) is 5.75 Å². The molecule has 23 nitrogen and oxygen atoms in total. The van der Waals surface area contributed by atoms with Gasteiger partial charge < -0.3 is 56.5 Å². The molecular weight excluding hydrogens is 818 g/mol. The lowest BCUT2D eigenvalue weighted by Crippen LogP contribution is -2.66. The van der Waals surface area contributed by atoms with E-state index in [1.807, 2.05) is 0 Å². The molecule has 4 heterocycles. The fourth-order valence-corrected chi connectivity index (χ4v) is 6.49. The van der Waals surface area contributed by atoms with Gasteiger partial charge in [-0.2, -0.15) is 0 Å². The third kappa shape index (κ3) is 12.3. The maximum Gasteiger partial charge on any atom is 0.336 e. The molecule has 2 saturated heterocycles. The summed E-state index contributed by atoms with van der Waals surface area (Å²) in [4.78, 5) is 98.4. The van der Waals surface area contributed by atoms with Crippen molar-refractivity contribution >= 4 is 52.8 Å². The zero-order valence-corrected chi connectivity index (χ0v) is 33.9. The van der Waals surface area contributed by atoms with Gasteiger partial charge in [0.15, 0.2) is 43.0 Å². The standard InChI is InChI=1S/C38H43N3O20/c1-17(42)50-15-28-32(61-38-36(57-23(7)48)34(55-21(5)46)31(53-19(3)44)29(60-38)16-51-18(2)43)33(54-20(4)45)35(56-22(6)47)37(59-28)41-13-25(39-40-41)14-52-26-10-8-24-9-11-30(49)58-27(24)12-26/h8-13,28-29,31-38H,14-16H2,1-7H3. The van der Waals surface area contributed by atoms with E-state index in [4.69, 9.17) is 56.5 Å². The Hall–Kier alpha value is -6.46. The highest BCUT2D eigenvalue weighted by Crippen LogP contribution is 2.38. The predicted octanol–water partition coefficient (Wildman–Crippen LogP) is 0.756. The number of esters is 7. The number of ether oxygens (including phenoxy) is 11. The lowest BCUT2D eigenvalue weighted by molar-refractivity contribution is -0.349. The highest BCUT2D eigenvalue weighted by molar-refractivity contribution is 5.77. The van der Waals surface area contributed by atoms with Crippen LogP contribution in [0, 0.1) is 0 Å². The lowest BCUT2D eigenvalue weighted by Gasteiger charge is -2.48. The Bertz CT molecular complexity index is 2170. The van der Waals surface area contributed by atoms with Crippen molar-refractivity contribution in [2.24, 2.45) is 0 Å². The highest BCUT2D eigenvalue weighted by Gasteiger charge is 2.58. The minimum atomic E-state index is -1.85. The summed E-state index contributed by atoms with van der Waals surface area (Å²) >= 11 is 0. The summed E-state index contributed by atoms with van der Waals surface area (Å²) in [5.41, 5.74) is -0.0483. The van der Waals surface area contributed by atoms with Gasteiger partial charge in [0.25, 0.3) is 0 Å². The average Bonchev–Trinajstić information content (AvgIpc) is 3.64. The molecule has 0 radical (unpaired) electrons. The Morgan fingerprint density at radius 3 is 1.74 bits per heavy atom. The smallest absolute Gasteiger partial charge is 0.336 e. The van der Waals surface area contributed by atoms with Crippen LogP contribution >= 0.6 is 0 Å². The van der Waals surface area contributed by atoms with Crippen LogP contribution < -0.4 is 10.4 Å². The van der Waals surface area contributed by atoms with Crippen molar-refractivity contribution in [3.63, 3.8) is 0 Å². The normalized spacial score (nSPS) is 26.0. The monoisotopic (exact) mass is 861 g/mol. The van der Waals surface area contributed by atoms with Crippen molar-refractivity contribution in [3.8, 4) is 5.75 Å². The number of carbonyl (C=O) groups is 7. The Kier molecular flexibility index (Phi) is 15.1. The van der Waals surface area contributed by atoms with Gasteiger partial charge in [-0.3, -0.25) is 33.6 Å². The molecule has 0 saturated carbocycles. The maximum absolute atomic E-state index is 12.8. The Morgan fingerprint density at radius 1 is 0.623 bits per heavy atom.